The normalized spacial score (nSPS) is 19.2. The Hall–Kier alpha value is -1.88. The third-order valence-electron chi connectivity index (χ3n) is 3.38. The van der Waals surface area contributed by atoms with Crippen LogP contribution < -0.4 is 5.32 Å². The molecule has 1 aromatic carbocycles. The van der Waals surface area contributed by atoms with E-state index in [1.807, 2.05) is 31.2 Å². The first kappa shape index (κ1) is 12.2. The number of nitrogens with zero attached hydrogens (tertiary/aromatic N) is 1. The number of hydrogen-bond acceptors (Lipinski definition) is 3. The summed E-state index contributed by atoms with van der Waals surface area (Å²) in [6.45, 7) is 2.54. The highest BCUT2D eigenvalue weighted by Crippen LogP contribution is 2.19. The maximum absolute atomic E-state index is 12.1. The van der Waals surface area contributed by atoms with Gasteiger partial charge < -0.3 is 9.73 Å². The van der Waals surface area contributed by atoms with E-state index in [2.05, 4.69) is 5.32 Å². The number of carbonyl (C=O) groups is 1. The van der Waals surface area contributed by atoms with E-state index < -0.39 is 0 Å². The molecule has 1 N–H and O–H groups in total. The zero-order valence-corrected chi connectivity index (χ0v) is 11.4. The highest BCUT2D eigenvalue weighted by Gasteiger charge is 2.34. The van der Waals surface area contributed by atoms with Gasteiger partial charge >= 0.3 is 0 Å². The molecule has 1 aliphatic rings. The van der Waals surface area contributed by atoms with Crippen LogP contribution in [0.3, 0.4) is 0 Å². The van der Waals surface area contributed by atoms with Gasteiger partial charge in [-0.1, -0.05) is 6.07 Å². The molecule has 1 atom stereocenters. The minimum Gasteiger partial charge on any atom is -0.464 e. The lowest BCUT2D eigenvalue weighted by Gasteiger charge is -2.11. The molecule has 1 aliphatic heterocycles. The van der Waals surface area contributed by atoms with Crippen molar-refractivity contribution in [2.45, 2.75) is 19.4 Å². The Morgan fingerprint density at radius 1 is 1.42 bits per heavy atom. The third kappa shape index (κ3) is 2.10. The number of rotatable bonds is 3. The molecule has 2 heterocycles. The Bertz CT molecular complexity index is 650. The Morgan fingerprint density at radius 3 is 3.00 bits per heavy atom. The molecule has 1 amide bonds. The van der Waals surface area contributed by atoms with Gasteiger partial charge in [0.15, 0.2) is 5.11 Å². The number of likely N-dealkylation sites (N-methyl/N-ethyl adjacent to an activating group) is 1. The monoisotopic (exact) mass is 274 g/mol. The summed E-state index contributed by atoms with van der Waals surface area (Å²) in [7, 11) is 0. The van der Waals surface area contributed by atoms with E-state index in [1.165, 1.54) is 0 Å². The zero-order chi connectivity index (χ0) is 13.4. The van der Waals surface area contributed by atoms with Crippen molar-refractivity contribution in [1.29, 1.82) is 0 Å². The maximum Gasteiger partial charge on any atom is 0.251 e. The number of thiocarbonyl (C=S) groups is 1. The summed E-state index contributed by atoms with van der Waals surface area (Å²) in [5, 5.41) is 4.66. The van der Waals surface area contributed by atoms with E-state index in [1.54, 1.807) is 11.2 Å². The van der Waals surface area contributed by atoms with Crippen LogP contribution in [0.1, 0.15) is 12.5 Å². The fourth-order valence-corrected chi connectivity index (χ4v) is 2.75. The Morgan fingerprint density at radius 2 is 2.26 bits per heavy atom. The Kier molecular flexibility index (Phi) is 2.98. The van der Waals surface area contributed by atoms with Gasteiger partial charge in [0.2, 0.25) is 0 Å². The number of fused-ring (bicyclic) bond motifs is 1. The van der Waals surface area contributed by atoms with Crippen LogP contribution in [0.4, 0.5) is 0 Å². The van der Waals surface area contributed by atoms with Crippen molar-refractivity contribution in [3.8, 4) is 0 Å². The van der Waals surface area contributed by atoms with Gasteiger partial charge in [0.05, 0.1) is 6.26 Å². The lowest BCUT2D eigenvalue weighted by Crippen LogP contribution is -2.32. The smallest absolute Gasteiger partial charge is 0.251 e. The van der Waals surface area contributed by atoms with Gasteiger partial charge in [-0.2, -0.15) is 0 Å². The predicted octanol–water partition coefficient (Wildman–Crippen LogP) is 2.08. The van der Waals surface area contributed by atoms with Gasteiger partial charge in [-0.15, -0.1) is 0 Å². The fourth-order valence-electron chi connectivity index (χ4n) is 2.39. The second-order valence-corrected chi connectivity index (χ2v) is 4.97. The van der Waals surface area contributed by atoms with E-state index in [9.17, 15) is 4.79 Å². The summed E-state index contributed by atoms with van der Waals surface area (Å²) in [5.41, 5.74) is 1.96. The standard InChI is InChI=1S/C14H14N2O2S/c1-2-16-13(17)11(15-14(16)19)8-9-3-4-12-10(7-9)5-6-18-12/h3-7,11H,2,8H2,1H3,(H,15,19). The van der Waals surface area contributed by atoms with Crippen molar-refractivity contribution in [2.75, 3.05) is 6.54 Å². The summed E-state index contributed by atoms with van der Waals surface area (Å²) >= 11 is 5.15. The molecule has 2 aromatic rings. The molecule has 0 aliphatic carbocycles. The molecule has 3 rings (SSSR count). The number of carbonyl (C=O) groups excluding carboxylic acids is 1. The number of benzene rings is 1. The number of hydrogen-bond donors (Lipinski definition) is 1. The van der Waals surface area contributed by atoms with Crippen LogP contribution >= 0.6 is 12.2 Å². The highest BCUT2D eigenvalue weighted by molar-refractivity contribution is 7.80. The maximum atomic E-state index is 12.1. The van der Waals surface area contributed by atoms with Crippen molar-refractivity contribution in [2.24, 2.45) is 0 Å². The first-order valence-electron chi connectivity index (χ1n) is 6.27. The molecule has 1 saturated heterocycles. The van der Waals surface area contributed by atoms with Gasteiger partial charge in [0.25, 0.3) is 5.91 Å². The quantitative estimate of drug-likeness (QED) is 0.870. The van der Waals surface area contributed by atoms with Gasteiger partial charge in [-0.05, 0) is 42.9 Å². The fraction of sp³-hybridized carbons (Fsp3) is 0.286. The van der Waals surface area contributed by atoms with E-state index in [-0.39, 0.29) is 11.9 Å². The first-order chi connectivity index (χ1) is 9.19. The molecule has 4 nitrogen and oxygen atoms in total. The molecule has 5 heteroatoms. The van der Waals surface area contributed by atoms with Crippen molar-refractivity contribution < 1.29 is 9.21 Å². The molecule has 19 heavy (non-hydrogen) atoms. The van der Waals surface area contributed by atoms with E-state index in [0.717, 1.165) is 16.5 Å². The van der Waals surface area contributed by atoms with Crippen LogP contribution in [0.15, 0.2) is 34.9 Å². The molecule has 0 bridgehead atoms. The predicted molar refractivity (Wildman–Crippen MR) is 76.8 cm³/mol. The second-order valence-electron chi connectivity index (χ2n) is 4.58. The van der Waals surface area contributed by atoms with Crippen LogP contribution in [0.2, 0.25) is 0 Å². The van der Waals surface area contributed by atoms with Gasteiger partial charge in [0.1, 0.15) is 11.6 Å². The molecule has 0 radical (unpaired) electrons. The lowest BCUT2D eigenvalue weighted by atomic mass is 10.0. The van der Waals surface area contributed by atoms with Crippen LogP contribution in [0, 0.1) is 0 Å². The summed E-state index contributed by atoms with van der Waals surface area (Å²) in [6, 6.07) is 7.63. The van der Waals surface area contributed by atoms with Crippen LogP contribution in [0.5, 0.6) is 0 Å². The van der Waals surface area contributed by atoms with Crippen molar-refractivity contribution in [3.63, 3.8) is 0 Å². The van der Waals surface area contributed by atoms with E-state index in [4.69, 9.17) is 16.6 Å². The lowest BCUT2D eigenvalue weighted by molar-refractivity contribution is -0.126. The molecular weight excluding hydrogens is 260 g/mol. The molecular formula is C14H14N2O2S. The van der Waals surface area contributed by atoms with Gasteiger partial charge in [0, 0.05) is 18.4 Å². The topological polar surface area (TPSA) is 45.5 Å². The third-order valence-corrected chi connectivity index (χ3v) is 3.72. The number of furan rings is 1. The second kappa shape index (κ2) is 4.66. The van der Waals surface area contributed by atoms with Crippen molar-refractivity contribution in [1.82, 2.24) is 10.2 Å². The van der Waals surface area contributed by atoms with Gasteiger partial charge in [-0.25, -0.2) is 0 Å². The first-order valence-corrected chi connectivity index (χ1v) is 6.68. The van der Waals surface area contributed by atoms with Gasteiger partial charge in [-0.3, -0.25) is 9.69 Å². The molecule has 1 aromatic heterocycles. The zero-order valence-electron chi connectivity index (χ0n) is 10.6. The van der Waals surface area contributed by atoms with E-state index in [0.29, 0.717) is 18.1 Å². The summed E-state index contributed by atoms with van der Waals surface area (Å²) in [4.78, 5) is 13.7. The van der Waals surface area contributed by atoms with Crippen LogP contribution in [-0.4, -0.2) is 28.5 Å². The molecule has 0 saturated carbocycles. The minimum absolute atomic E-state index is 0.0554. The van der Waals surface area contributed by atoms with Crippen LogP contribution in [-0.2, 0) is 11.2 Å². The molecule has 0 spiro atoms. The molecule has 1 fully saturated rings. The largest absolute Gasteiger partial charge is 0.464 e. The number of amides is 1. The van der Waals surface area contributed by atoms with Crippen LogP contribution in [0.25, 0.3) is 11.0 Å². The van der Waals surface area contributed by atoms with E-state index >= 15 is 0 Å². The summed E-state index contributed by atoms with van der Waals surface area (Å²) in [5.74, 6) is 0.0554. The van der Waals surface area contributed by atoms with Crippen molar-refractivity contribution >= 4 is 34.2 Å². The molecule has 1 unspecified atom stereocenters. The Labute approximate surface area is 116 Å². The summed E-state index contributed by atoms with van der Waals surface area (Å²) < 4.78 is 5.30. The number of nitrogens with one attached hydrogen (secondary N) is 1. The summed E-state index contributed by atoms with van der Waals surface area (Å²) in [6.07, 6.45) is 2.30. The molecule has 98 valence electrons. The van der Waals surface area contributed by atoms with Crippen molar-refractivity contribution in [3.05, 3.63) is 36.1 Å². The Balaban J connectivity index is 1.81. The average molecular weight is 274 g/mol. The SMILES string of the molecule is CCN1C(=O)C(Cc2ccc3occc3c2)NC1=S. The highest BCUT2D eigenvalue weighted by atomic mass is 32.1. The average Bonchev–Trinajstić information content (AvgIpc) is 2.95. The minimum atomic E-state index is -0.253.